The SMILES string of the molecule is O=C(COC(=O)Cc1cccc2ccccc12)Nc1ccc(N2CCCC2=O)cc1. The van der Waals surface area contributed by atoms with Crippen LogP contribution in [0.5, 0.6) is 0 Å². The van der Waals surface area contributed by atoms with Gasteiger partial charge in [0.15, 0.2) is 6.61 Å². The van der Waals surface area contributed by atoms with Gasteiger partial charge in [0.05, 0.1) is 6.42 Å². The summed E-state index contributed by atoms with van der Waals surface area (Å²) < 4.78 is 5.14. The summed E-state index contributed by atoms with van der Waals surface area (Å²) in [5.41, 5.74) is 2.27. The molecule has 1 N–H and O–H groups in total. The summed E-state index contributed by atoms with van der Waals surface area (Å²) in [6.45, 7) is 0.368. The molecule has 30 heavy (non-hydrogen) atoms. The van der Waals surface area contributed by atoms with Crippen LogP contribution in [-0.4, -0.2) is 30.9 Å². The van der Waals surface area contributed by atoms with Crippen molar-refractivity contribution in [3.63, 3.8) is 0 Å². The zero-order valence-corrected chi connectivity index (χ0v) is 16.5. The van der Waals surface area contributed by atoms with E-state index in [1.165, 1.54) is 0 Å². The summed E-state index contributed by atoms with van der Waals surface area (Å²) in [5, 5.41) is 4.75. The molecule has 0 aromatic heterocycles. The minimum atomic E-state index is -0.454. The second kappa shape index (κ2) is 8.78. The van der Waals surface area contributed by atoms with Crippen LogP contribution in [-0.2, 0) is 25.5 Å². The third-order valence-corrected chi connectivity index (χ3v) is 5.12. The van der Waals surface area contributed by atoms with E-state index in [-0.39, 0.29) is 18.9 Å². The average Bonchev–Trinajstić information content (AvgIpc) is 3.19. The van der Waals surface area contributed by atoms with Crippen molar-refractivity contribution in [2.24, 2.45) is 0 Å². The van der Waals surface area contributed by atoms with Crippen molar-refractivity contribution < 1.29 is 19.1 Å². The molecule has 0 aliphatic carbocycles. The Bertz CT molecular complexity index is 1090. The first-order valence-electron chi connectivity index (χ1n) is 9.93. The molecular formula is C24H22N2O4. The standard InChI is InChI=1S/C24H22N2O4/c27-22(25-19-10-12-20(13-11-19)26-14-4-9-23(26)28)16-30-24(29)15-18-7-3-6-17-5-1-2-8-21(17)18/h1-3,5-8,10-13H,4,9,14-16H2,(H,25,27). The van der Waals surface area contributed by atoms with Crippen molar-refractivity contribution >= 4 is 39.9 Å². The molecule has 0 atom stereocenters. The molecule has 3 aromatic carbocycles. The number of amides is 2. The van der Waals surface area contributed by atoms with E-state index in [1.54, 1.807) is 29.2 Å². The minimum absolute atomic E-state index is 0.104. The first kappa shape index (κ1) is 19.6. The fourth-order valence-corrected chi connectivity index (χ4v) is 3.64. The Labute approximate surface area is 174 Å². The molecule has 3 aromatic rings. The average molecular weight is 402 g/mol. The van der Waals surface area contributed by atoms with Gasteiger partial charge >= 0.3 is 5.97 Å². The monoisotopic (exact) mass is 402 g/mol. The molecular weight excluding hydrogens is 380 g/mol. The fraction of sp³-hybridized carbons (Fsp3) is 0.208. The van der Waals surface area contributed by atoms with E-state index in [9.17, 15) is 14.4 Å². The van der Waals surface area contributed by atoms with Gasteiger partial charge in [-0.3, -0.25) is 14.4 Å². The highest BCUT2D eigenvalue weighted by Gasteiger charge is 2.21. The molecule has 1 fully saturated rings. The Morgan fingerprint density at radius 1 is 0.967 bits per heavy atom. The van der Waals surface area contributed by atoms with E-state index in [0.717, 1.165) is 35.0 Å². The number of carbonyl (C=O) groups is 3. The zero-order valence-electron chi connectivity index (χ0n) is 16.5. The lowest BCUT2D eigenvalue weighted by Crippen LogP contribution is -2.24. The molecule has 0 saturated carbocycles. The van der Waals surface area contributed by atoms with Gasteiger partial charge in [-0.05, 0) is 47.0 Å². The number of hydrogen-bond acceptors (Lipinski definition) is 4. The second-order valence-electron chi connectivity index (χ2n) is 7.22. The maximum Gasteiger partial charge on any atom is 0.310 e. The lowest BCUT2D eigenvalue weighted by molar-refractivity contribution is -0.146. The van der Waals surface area contributed by atoms with E-state index in [2.05, 4.69) is 5.32 Å². The number of esters is 1. The summed E-state index contributed by atoms with van der Waals surface area (Å²) >= 11 is 0. The number of nitrogens with one attached hydrogen (secondary N) is 1. The van der Waals surface area contributed by atoms with Gasteiger partial charge in [0.2, 0.25) is 5.91 Å². The predicted molar refractivity (Wildman–Crippen MR) is 115 cm³/mol. The van der Waals surface area contributed by atoms with Crippen molar-refractivity contribution in [1.82, 2.24) is 0 Å². The highest BCUT2D eigenvalue weighted by molar-refractivity contribution is 5.96. The van der Waals surface area contributed by atoms with Gasteiger partial charge in [0.25, 0.3) is 5.91 Å². The second-order valence-corrected chi connectivity index (χ2v) is 7.22. The molecule has 0 unspecified atom stereocenters. The summed E-state index contributed by atoms with van der Waals surface area (Å²) in [4.78, 5) is 37.9. The van der Waals surface area contributed by atoms with Gasteiger partial charge in [0.1, 0.15) is 0 Å². The predicted octanol–water partition coefficient (Wildman–Crippen LogP) is 3.69. The van der Waals surface area contributed by atoms with Crippen LogP contribution in [0.15, 0.2) is 66.7 Å². The fourth-order valence-electron chi connectivity index (χ4n) is 3.64. The van der Waals surface area contributed by atoms with Crippen molar-refractivity contribution in [1.29, 1.82) is 0 Å². The Balaban J connectivity index is 1.29. The molecule has 4 rings (SSSR count). The van der Waals surface area contributed by atoms with E-state index in [1.807, 2.05) is 42.5 Å². The quantitative estimate of drug-likeness (QED) is 0.638. The van der Waals surface area contributed by atoms with Crippen LogP contribution in [0.1, 0.15) is 18.4 Å². The van der Waals surface area contributed by atoms with Crippen LogP contribution >= 0.6 is 0 Å². The number of carbonyl (C=O) groups excluding carboxylic acids is 3. The maximum absolute atomic E-state index is 12.2. The largest absolute Gasteiger partial charge is 0.455 e. The Morgan fingerprint density at radius 3 is 2.50 bits per heavy atom. The van der Waals surface area contributed by atoms with Gasteiger partial charge in [-0.25, -0.2) is 0 Å². The topological polar surface area (TPSA) is 75.7 Å². The number of ether oxygens (including phenoxy) is 1. The normalized spacial score (nSPS) is 13.5. The molecule has 1 saturated heterocycles. The van der Waals surface area contributed by atoms with Gasteiger partial charge < -0.3 is 15.0 Å². The van der Waals surface area contributed by atoms with E-state index in [4.69, 9.17) is 4.74 Å². The highest BCUT2D eigenvalue weighted by atomic mass is 16.5. The van der Waals surface area contributed by atoms with Crippen LogP contribution < -0.4 is 10.2 Å². The van der Waals surface area contributed by atoms with Crippen LogP contribution in [0.25, 0.3) is 10.8 Å². The highest BCUT2D eigenvalue weighted by Crippen LogP contribution is 2.23. The van der Waals surface area contributed by atoms with Gasteiger partial charge in [0, 0.05) is 24.3 Å². The van der Waals surface area contributed by atoms with E-state index < -0.39 is 11.9 Å². The Morgan fingerprint density at radius 2 is 1.73 bits per heavy atom. The number of anilines is 2. The number of hydrogen-bond donors (Lipinski definition) is 1. The smallest absolute Gasteiger partial charge is 0.310 e. The number of rotatable bonds is 6. The lowest BCUT2D eigenvalue weighted by Gasteiger charge is -2.16. The molecule has 1 aliphatic rings. The van der Waals surface area contributed by atoms with Crippen LogP contribution in [0.4, 0.5) is 11.4 Å². The van der Waals surface area contributed by atoms with Crippen molar-refractivity contribution in [3.8, 4) is 0 Å². The van der Waals surface area contributed by atoms with Crippen molar-refractivity contribution in [3.05, 3.63) is 72.3 Å². The number of fused-ring (bicyclic) bond motifs is 1. The Kier molecular flexibility index (Phi) is 5.75. The first-order chi connectivity index (χ1) is 14.6. The summed E-state index contributed by atoms with van der Waals surface area (Å²) in [6, 6.07) is 20.7. The van der Waals surface area contributed by atoms with Crippen LogP contribution in [0, 0.1) is 0 Å². The molecule has 2 amide bonds. The summed E-state index contributed by atoms with van der Waals surface area (Å²) in [5.74, 6) is -0.749. The van der Waals surface area contributed by atoms with Crippen molar-refractivity contribution in [2.45, 2.75) is 19.3 Å². The Hall–Kier alpha value is -3.67. The molecule has 1 heterocycles. The zero-order chi connectivity index (χ0) is 20.9. The molecule has 152 valence electrons. The van der Waals surface area contributed by atoms with Gasteiger partial charge in [-0.2, -0.15) is 0 Å². The molecule has 6 nitrogen and oxygen atoms in total. The molecule has 1 aliphatic heterocycles. The summed E-state index contributed by atoms with van der Waals surface area (Å²) in [6.07, 6.45) is 1.54. The van der Waals surface area contributed by atoms with E-state index >= 15 is 0 Å². The molecule has 0 radical (unpaired) electrons. The van der Waals surface area contributed by atoms with Crippen LogP contribution in [0.2, 0.25) is 0 Å². The molecule has 0 spiro atoms. The van der Waals surface area contributed by atoms with Crippen LogP contribution in [0.3, 0.4) is 0 Å². The number of benzene rings is 3. The minimum Gasteiger partial charge on any atom is -0.455 e. The number of nitrogens with zero attached hydrogens (tertiary/aromatic N) is 1. The molecule has 6 heteroatoms. The van der Waals surface area contributed by atoms with E-state index in [0.29, 0.717) is 12.1 Å². The third kappa shape index (κ3) is 4.49. The third-order valence-electron chi connectivity index (χ3n) is 5.12. The molecule has 0 bridgehead atoms. The first-order valence-corrected chi connectivity index (χ1v) is 9.93. The van der Waals surface area contributed by atoms with Gasteiger partial charge in [-0.15, -0.1) is 0 Å². The lowest BCUT2D eigenvalue weighted by atomic mass is 10.0. The van der Waals surface area contributed by atoms with Gasteiger partial charge in [-0.1, -0.05) is 42.5 Å². The summed E-state index contributed by atoms with van der Waals surface area (Å²) in [7, 11) is 0. The maximum atomic E-state index is 12.2. The van der Waals surface area contributed by atoms with Crippen molar-refractivity contribution in [2.75, 3.05) is 23.4 Å².